The van der Waals surface area contributed by atoms with Crippen molar-refractivity contribution in [3.63, 3.8) is 0 Å². The SMILES string of the molecule is CCC(COCC(C)N)(COCC(C)N)COCC(C)N.CCC(COCC(C)N)(COCC(C)N)COCC(C)N.CCC(COCC(C)N)(COCC(C)N)COCC(C)N.CCC(COCCN)(COCCN)COCCN.CCC(COCCN)(COCCN)COCCN.CCC(COCCN)(COCCN)COCCN.CCC(COCCN)(COCCN)COCCN. The molecule has 9 unspecified atom stereocenters. The topological polar surface area (TPSA) is 740 Å². The van der Waals surface area contributed by atoms with E-state index in [9.17, 15) is 0 Å². The van der Waals surface area contributed by atoms with E-state index in [2.05, 4.69) is 48.5 Å². The van der Waals surface area contributed by atoms with Gasteiger partial charge < -0.3 is 220 Å². The molecule has 135 heavy (non-hydrogen) atoms. The maximum Gasteiger partial charge on any atom is 0.0615 e. The molecular weight excluding hydrogens is 1750 g/mol. The second kappa shape index (κ2) is 102. The van der Waals surface area contributed by atoms with E-state index in [4.69, 9.17) is 220 Å². The van der Waals surface area contributed by atoms with Crippen LogP contribution in [0.1, 0.15) is 156 Å². The summed E-state index contributed by atoms with van der Waals surface area (Å²) in [4.78, 5) is 0. The maximum atomic E-state index is 5.72. The van der Waals surface area contributed by atoms with Gasteiger partial charge in [-0.2, -0.15) is 0 Å². The largest absolute Gasteiger partial charge is 0.379 e. The summed E-state index contributed by atoms with van der Waals surface area (Å²) in [6.45, 7) is 61.7. The Balaban J connectivity index is -0.000000284. The van der Waals surface area contributed by atoms with Crippen molar-refractivity contribution in [1.82, 2.24) is 0 Å². The van der Waals surface area contributed by atoms with E-state index >= 15 is 0 Å². The van der Waals surface area contributed by atoms with E-state index < -0.39 is 0 Å². The van der Waals surface area contributed by atoms with E-state index in [1.807, 2.05) is 62.3 Å². The van der Waals surface area contributed by atoms with Crippen LogP contribution in [0, 0.1) is 37.9 Å². The number of hydrogen-bond donors (Lipinski definition) is 21. The van der Waals surface area contributed by atoms with Gasteiger partial charge in [-0.25, -0.2) is 0 Å². The van der Waals surface area contributed by atoms with Crippen LogP contribution < -0.4 is 120 Å². The third kappa shape index (κ3) is 94.4. The number of ether oxygens (including phenoxy) is 21. The molecule has 0 heterocycles. The van der Waals surface area contributed by atoms with Gasteiger partial charge in [-0.05, 0) is 107 Å². The minimum atomic E-state index is -0.182. The van der Waals surface area contributed by atoms with Crippen molar-refractivity contribution >= 4 is 0 Å². The van der Waals surface area contributed by atoms with Gasteiger partial charge in [0.05, 0.1) is 277 Å². The molecule has 0 saturated carbocycles. The highest BCUT2D eigenvalue weighted by Crippen LogP contribution is 2.30. The molecule has 0 aliphatic carbocycles. The van der Waals surface area contributed by atoms with Crippen LogP contribution in [0.5, 0.6) is 0 Å². The smallest absolute Gasteiger partial charge is 0.0615 e. The lowest BCUT2D eigenvalue weighted by Gasteiger charge is -2.33. The first-order valence-corrected chi connectivity index (χ1v) is 49.7. The van der Waals surface area contributed by atoms with E-state index in [1.165, 1.54) is 0 Å². The molecule has 0 aromatic carbocycles. The first-order valence-electron chi connectivity index (χ1n) is 49.7. The molecule has 0 aromatic heterocycles. The van der Waals surface area contributed by atoms with E-state index in [1.54, 1.807) is 0 Å². The predicted octanol–water partition coefficient (Wildman–Crippen LogP) is -1.34. The number of hydrogen-bond acceptors (Lipinski definition) is 42. The summed E-state index contributed by atoms with van der Waals surface area (Å²) < 4.78 is 118. The van der Waals surface area contributed by atoms with Gasteiger partial charge in [0, 0.05) is 171 Å². The van der Waals surface area contributed by atoms with Crippen LogP contribution in [0.25, 0.3) is 0 Å². The Bertz CT molecular complexity index is 1830. The standard InChI is InChI=1S/3C15H35N3O3.4C12H29N3O3/c3*1-5-15(9-19-6-12(2)16,10-20-7-13(3)17)11-21-8-14(4)18;4*1-2-12(9-16-6-3-13,10-17-7-4-14)11-18-8-5-15/h3*12-14H,5-11,16-18H2,1-4H3;4*2-11,13-15H2,1H3. The Kier molecular flexibility index (Phi) is 111. The van der Waals surface area contributed by atoms with Crippen molar-refractivity contribution < 1.29 is 99.5 Å². The molecular formula is C93H221N21O21. The molecule has 42 heteroatoms. The van der Waals surface area contributed by atoms with Crippen LogP contribution in [0.15, 0.2) is 0 Å². The van der Waals surface area contributed by atoms with E-state index in [-0.39, 0.29) is 92.3 Å². The van der Waals surface area contributed by atoms with Crippen LogP contribution >= 0.6 is 0 Å². The van der Waals surface area contributed by atoms with Gasteiger partial charge in [-0.1, -0.05) is 48.5 Å². The normalized spacial score (nSPS) is 15.3. The molecule has 0 rings (SSSR count). The molecule has 824 valence electrons. The molecule has 0 radical (unpaired) electrons. The molecule has 0 bridgehead atoms. The third-order valence-electron chi connectivity index (χ3n) is 20.4. The highest BCUT2D eigenvalue weighted by molar-refractivity contribution is 4.85. The zero-order chi connectivity index (χ0) is 104. The van der Waals surface area contributed by atoms with Crippen molar-refractivity contribution in [3.8, 4) is 0 Å². The molecule has 42 nitrogen and oxygen atoms in total. The second-order valence-electron chi connectivity index (χ2n) is 36.5. The average Bonchev–Trinajstić information content (AvgIpc) is 0.872. The van der Waals surface area contributed by atoms with Gasteiger partial charge >= 0.3 is 0 Å². The van der Waals surface area contributed by atoms with Crippen molar-refractivity contribution in [3.05, 3.63) is 0 Å². The average molecular weight is 1970 g/mol. The van der Waals surface area contributed by atoms with Gasteiger partial charge in [0.1, 0.15) is 0 Å². The van der Waals surface area contributed by atoms with Crippen LogP contribution in [0.2, 0.25) is 0 Å². The van der Waals surface area contributed by atoms with Gasteiger partial charge in [-0.3, -0.25) is 0 Å². The number of nitrogens with two attached hydrogens (primary N) is 21. The summed E-state index contributed by atoms with van der Waals surface area (Å²) in [5.41, 5.74) is 115. The lowest BCUT2D eigenvalue weighted by Crippen LogP contribution is -2.40. The summed E-state index contributed by atoms with van der Waals surface area (Å²) in [5.74, 6) is 0. The van der Waals surface area contributed by atoms with E-state index in [0.29, 0.717) is 356 Å². The van der Waals surface area contributed by atoms with Crippen molar-refractivity contribution in [2.45, 2.75) is 210 Å². The Hall–Kier alpha value is -1.68. The van der Waals surface area contributed by atoms with E-state index in [0.717, 1.165) is 44.9 Å². The first kappa shape index (κ1) is 146. The van der Waals surface area contributed by atoms with Crippen molar-refractivity contribution in [2.75, 3.05) is 356 Å². The maximum absolute atomic E-state index is 5.72. The minimum absolute atomic E-state index is 0.0227. The van der Waals surface area contributed by atoms with Crippen LogP contribution in [0.3, 0.4) is 0 Å². The molecule has 0 spiro atoms. The molecule has 0 fully saturated rings. The fourth-order valence-electron chi connectivity index (χ4n) is 11.6. The molecule has 0 aliphatic rings. The molecule has 9 atom stereocenters. The van der Waals surface area contributed by atoms with Gasteiger partial charge in [0.25, 0.3) is 0 Å². The lowest BCUT2D eigenvalue weighted by molar-refractivity contribution is -0.0750. The lowest BCUT2D eigenvalue weighted by atomic mass is 9.88. The molecule has 42 N–H and O–H groups in total. The second-order valence-corrected chi connectivity index (χ2v) is 36.5. The molecule has 0 aliphatic heterocycles. The Morgan fingerprint density at radius 1 is 0.133 bits per heavy atom. The zero-order valence-corrected chi connectivity index (χ0v) is 88.5. The highest BCUT2D eigenvalue weighted by Gasteiger charge is 2.36. The summed E-state index contributed by atoms with van der Waals surface area (Å²) in [6, 6.07) is 0.204. The Morgan fingerprint density at radius 2 is 0.200 bits per heavy atom. The fraction of sp³-hybridized carbons (Fsp3) is 1.00. The van der Waals surface area contributed by atoms with Crippen LogP contribution in [0.4, 0.5) is 0 Å². The monoisotopic (exact) mass is 1970 g/mol. The Labute approximate surface area is 820 Å². The summed E-state index contributed by atoms with van der Waals surface area (Å²) in [5, 5.41) is 0. The number of rotatable bonds is 91. The highest BCUT2D eigenvalue weighted by atomic mass is 16.6. The molecule has 0 aromatic rings. The van der Waals surface area contributed by atoms with Gasteiger partial charge in [0.2, 0.25) is 0 Å². The molecule has 0 amide bonds. The summed E-state index contributed by atoms with van der Waals surface area (Å²) in [6.07, 6.45) is 6.32. The summed E-state index contributed by atoms with van der Waals surface area (Å²) >= 11 is 0. The Morgan fingerprint density at radius 3 is 0.252 bits per heavy atom. The minimum Gasteiger partial charge on any atom is -0.379 e. The zero-order valence-electron chi connectivity index (χ0n) is 88.5. The van der Waals surface area contributed by atoms with Crippen molar-refractivity contribution in [1.29, 1.82) is 0 Å². The fourth-order valence-corrected chi connectivity index (χ4v) is 11.6. The van der Waals surface area contributed by atoms with Crippen LogP contribution in [-0.2, 0) is 99.5 Å². The quantitative estimate of drug-likeness (QED) is 0.0313. The van der Waals surface area contributed by atoms with Crippen LogP contribution in [-0.4, -0.2) is 410 Å². The van der Waals surface area contributed by atoms with Crippen molar-refractivity contribution in [2.24, 2.45) is 158 Å². The third-order valence-corrected chi connectivity index (χ3v) is 20.4. The van der Waals surface area contributed by atoms with Gasteiger partial charge in [-0.15, -0.1) is 0 Å². The first-order chi connectivity index (χ1) is 64.4. The predicted molar refractivity (Wildman–Crippen MR) is 548 cm³/mol. The van der Waals surface area contributed by atoms with Gasteiger partial charge in [0.15, 0.2) is 0 Å². The summed E-state index contributed by atoms with van der Waals surface area (Å²) in [7, 11) is 0. The molecule has 0 saturated heterocycles.